The molecule has 1 aromatic carbocycles. The third kappa shape index (κ3) is 3.97. The second-order valence-electron chi connectivity index (χ2n) is 5.14. The summed E-state index contributed by atoms with van der Waals surface area (Å²) in [5.41, 5.74) is 1.57. The molecule has 128 valence electrons. The van der Waals surface area contributed by atoms with Gasteiger partial charge in [-0.1, -0.05) is 23.9 Å². The standard InChI is InChI=1S/C17H17N5O2S/c1-22-16(12-7-9-18-10-8-12)20-21-17(22)25-11-15(23)19-13-5-3-4-6-14(13)24-2/h3-10H,11H2,1-2H3,(H,19,23). The van der Waals surface area contributed by atoms with Crippen LogP contribution in [-0.2, 0) is 11.8 Å². The molecule has 0 atom stereocenters. The Morgan fingerprint density at radius 2 is 1.96 bits per heavy atom. The van der Waals surface area contributed by atoms with Crippen LogP contribution in [-0.4, -0.2) is 38.5 Å². The lowest BCUT2D eigenvalue weighted by atomic mass is 10.2. The molecule has 3 rings (SSSR count). The first kappa shape index (κ1) is 17.0. The minimum atomic E-state index is -0.136. The number of aromatic nitrogens is 4. The van der Waals surface area contributed by atoms with E-state index in [0.29, 0.717) is 16.6 Å². The zero-order chi connectivity index (χ0) is 17.6. The summed E-state index contributed by atoms with van der Waals surface area (Å²) in [6, 6.07) is 11.0. The summed E-state index contributed by atoms with van der Waals surface area (Å²) in [4.78, 5) is 16.2. The molecule has 0 radical (unpaired) electrons. The van der Waals surface area contributed by atoms with Crippen LogP contribution in [0.3, 0.4) is 0 Å². The number of benzene rings is 1. The van der Waals surface area contributed by atoms with E-state index >= 15 is 0 Å². The highest BCUT2D eigenvalue weighted by molar-refractivity contribution is 7.99. The zero-order valence-electron chi connectivity index (χ0n) is 13.8. The van der Waals surface area contributed by atoms with Crippen molar-refractivity contribution in [1.82, 2.24) is 19.7 Å². The normalized spacial score (nSPS) is 10.5. The van der Waals surface area contributed by atoms with Crippen molar-refractivity contribution in [3.8, 4) is 17.1 Å². The van der Waals surface area contributed by atoms with Gasteiger partial charge in [0.05, 0.1) is 18.6 Å². The van der Waals surface area contributed by atoms with Gasteiger partial charge in [0.25, 0.3) is 0 Å². The van der Waals surface area contributed by atoms with E-state index in [2.05, 4.69) is 20.5 Å². The van der Waals surface area contributed by atoms with Gasteiger partial charge in [-0.2, -0.15) is 0 Å². The third-order valence-electron chi connectivity index (χ3n) is 3.49. The summed E-state index contributed by atoms with van der Waals surface area (Å²) in [6.07, 6.45) is 3.41. The number of nitrogens with one attached hydrogen (secondary N) is 1. The second kappa shape index (κ2) is 7.80. The van der Waals surface area contributed by atoms with Crippen molar-refractivity contribution in [2.75, 3.05) is 18.2 Å². The number of hydrogen-bond donors (Lipinski definition) is 1. The molecule has 0 saturated heterocycles. The highest BCUT2D eigenvalue weighted by Gasteiger charge is 2.13. The molecular formula is C17H17N5O2S. The van der Waals surface area contributed by atoms with E-state index in [1.54, 1.807) is 31.6 Å². The van der Waals surface area contributed by atoms with E-state index in [4.69, 9.17) is 4.74 Å². The van der Waals surface area contributed by atoms with Crippen LogP contribution in [0, 0.1) is 0 Å². The molecule has 8 heteroatoms. The third-order valence-corrected chi connectivity index (χ3v) is 4.51. The summed E-state index contributed by atoms with van der Waals surface area (Å²) < 4.78 is 7.08. The minimum absolute atomic E-state index is 0.136. The maximum atomic E-state index is 12.2. The number of nitrogens with zero attached hydrogens (tertiary/aromatic N) is 4. The first-order chi connectivity index (χ1) is 12.2. The molecule has 1 N–H and O–H groups in total. The number of anilines is 1. The Hall–Kier alpha value is -2.87. The molecule has 25 heavy (non-hydrogen) atoms. The van der Waals surface area contributed by atoms with E-state index in [9.17, 15) is 4.79 Å². The van der Waals surface area contributed by atoms with Crippen LogP contribution >= 0.6 is 11.8 Å². The van der Waals surface area contributed by atoms with E-state index in [1.165, 1.54) is 11.8 Å². The Kier molecular flexibility index (Phi) is 5.30. The molecule has 7 nitrogen and oxygen atoms in total. The van der Waals surface area contributed by atoms with E-state index < -0.39 is 0 Å². The van der Waals surface area contributed by atoms with Crippen molar-refractivity contribution in [1.29, 1.82) is 0 Å². The van der Waals surface area contributed by atoms with Gasteiger partial charge in [-0.25, -0.2) is 0 Å². The molecule has 3 aromatic rings. The van der Waals surface area contributed by atoms with Crippen molar-refractivity contribution < 1.29 is 9.53 Å². The van der Waals surface area contributed by atoms with E-state index in [-0.39, 0.29) is 11.7 Å². The number of pyridine rings is 1. The van der Waals surface area contributed by atoms with Gasteiger partial charge in [0.1, 0.15) is 5.75 Å². The van der Waals surface area contributed by atoms with E-state index in [1.807, 2.05) is 35.9 Å². The lowest BCUT2D eigenvalue weighted by Gasteiger charge is -2.09. The quantitative estimate of drug-likeness (QED) is 0.685. The SMILES string of the molecule is COc1ccccc1NC(=O)CSc1nnc(-c2ccncc2)n1C. The molecule has 0 fully saturated rings. The largest absolute Gasteiger partial charge is 0.495 e. The lowest BCUT2D eigenvalue weighted by Crippen LogP contribution is -2.15. The average molecular weight is 355 g/mol. The van der Waals surface area contributed by atoms with Crippen LogP contribution in [0.25, 0.3) is 11.4 Å². The fourth-order valence-corrected chi connectivity index (χ4v) is 2.97. The Morgan fingerprint density at radius 1 is 1.20 bits per heavy atom. The highest BCUT2D eigenvalue weighted by atomic mass is 32.2. The van der Waals surface area contributed by atoms with Crippen LogP contribution in [0.1, 0.15) is 0 Å². The smallest absolute Gasteiger partial charge is 0.234 e. The zero-order valence-corrected chi connectivity index (χ0v) is 14.7. The molecule has 0 bridgehead atoms. The van der Waals surface area contributed by atoms with Gasteiger partial charge < -0.3 is 14.6 Å². The molecule has 1 amide bonds. The van der Waals surface area contributed by atoms with Crippen molar-refractivity contribution in [3.05, 3.63) is 48.8 Å². The Bertz CT molecular complexity index is 866. The molecule has 0 saturated carbocycles. The van der Waals surface area contributed by atoms with Crippen LogP contribution in [0.15, 0.2) is 53.9 Å². The summed E-state index contributed by atoms with van der Waals surface area (Å²) in [6.45, 7) is 0. The van der Waals surface area contributed by atoms with Gasteiger partial charge in [-0.3, -0.25) is 9.78 Å². The molecule has 0 aliphatic carbocycles. The van der Waals surface area contributed by atoms with Gasteiger partial charge in [-0.05, 0) is 24.3 Å². The average Bonchev–Trinajstić information content (AvgIpc) is 3.02. The van der Waals surface area contributed by atoms with Crippen molar-refractivity contribution >= 4 is 23.4 Å². The number of thioether (sulfide) groups is 1. The van der Waals surface area contributed by atoms with Gasteiger partial charge in [0.2, 0.25) is 5.91 Å². The molecular weight excluding hydrogens is 338 g/mol. The predicted molar refractivity (Wildman–Crippen MR) is 96.6 cm³/mol. The fourth-order valence-electron chi connectivity index (χ4n) is 2.26. The maximum absolute atomic E-state index is 12.2. The van der Waals surface area contributed by atoms with Crippen LogP contribution in [0.2, 0.25) is 0 Å². The molecule has 0 spiro atoms. The molecule has 2 aromatic heterocycles. The number of rotatable bonds is 6. The Morgan fingerprint density at radius 3 is 2.72 bits per heavy atom. The highest BCUT2D eigenvalue weighted by Crippen LogP contribution is 2.25. The first-order valence-corrected chi connectivity index (χ1v) is 8.53. The number of amides is 1. The van der Waals surface area contributed by atoms with Crippen molar-refractivity contribution in [2.45, 2.75) is 5.16 Å². The molecule has 0 aliphatic heterocycles. The van der Waals surface area contributed by atoms with Gasteiger partial charge >= 0.3 is 0 Å². The van der Waals surface area contributed by atoms with Crippen LogP contribution in [0.4, 0.5) is 5.69 Å². The lowest BCUT2D eigenvalue weighted by molar-refractivity contribution is -0.113. The van der Waals surface area contributed by atoms with Crippen molar-refractivity contribution in [3.63, 3.8) is 0 Å². The first-order valence-electron chi connectivity index (χ1n) is 7.54. The van der Waals surface area contributed by atoms with Crippen LogP contribution in [0.5, 0.6) is 5.75 Å². The molecule has 0 unspecified atom stereocenters. The van der Waals surface area contributed by atoms with E-state index in [0.717, 1.165) is 11.4 Å². The Labute approximate surface area is 149 Å². The number of ether oxygens (including phenoxy) is 1. The van der Waals surface area contributed by atoms with Gasteiger partial charge in [-0.15, -0.1) is 10.2 Å². The van der Waals surface area contributed by atoms with Crippen LogP contribution < -0.4 is 10.1 Å². The summed E-state index contributed by atoms with van der Waals surface area (Å²) in [5.74, 6) is 1.44. The number of carbonyl (C=O) groups excluding carboxylic acids is 1. The predicted octanol–water partition coefficient (Wildman–Crippen LogP) is 2.62. The number of hydrogen-bond acceptors (Lipinski definition) is 6. The monoisotopic (exact) mass is 355 g/mol. The topological polar surface area (TPSA) is 81.9 Å². The number of carbonyl (C=O) groups is 1. The summed E-state index contributed by atoms with van der Waals surface area (Å²) in [7, 11) is 3.44. The number of para-hydroxylation sites is 2. The van der Waals surface area contributed by atoms with Crippen molar-refractivity contribution in [2.24, 2.45) is 7.05 Å². The molecule has 2 heterocycles. The minimum Gasteiger partial charge on any atom is -0.495 e. The molecule has 0 aliphatic rings. The Balaban J connectivity index is 1.64. The fraction of sp³-hybridized carbons (Fsp3) is 0.176. The second-order valence-corrected chi connectivity index (χ2v) is 6.08. The van der Waals surface area contributed by atoms with Gasteiger partial charge in [0.15, 0.2) is 11.0 Å². The summed E-state index contributed by atoms with van der Waals surface area (Å²) in [5, 5.41) is 11.9. The summed E-state index contributed by atoms with van der Waals surface area (Å²) >= 11 is 1.32. The number of methoxy groups -OCH3 is 1. The maximum Gasteiger partial charge on any atom is 0.234 e. The van der Waals surface area contributed by atoms with Gasteiger partial charge in [0, 0.05) is 25.0 Å².